The van der Waals surface area contributed by atoms with Crippen molar-refractivity contribution < 1.29 is 19.8 Å². The van der Waals surface area contributed by atoms with Gasteiger partial charge in [0.25, 0.3) is 0 Å². The van der Waals surface area contributed by atoms with Gasteiger partial charge in [-0.25, -0.2) is 4.79 Å². The van der Waals surface area contributed by atoms with E-state index >= 15 is 0 Å². The van der Waals surface area contributed by atoms with Gasteiger partial charge in [-0.15, -0.1) is 11.8 Å². The molecular formula is C13H17NO4S. The predicted molar refractivity (Wildman–Crippen MR) is 74.0 cm³/mol. The highest BCUT2D eigenvalue weighted by Crippen LogP contribution is 2.26. The Morgan fingerprint density at radius 1 is 1.37 bits per heavy atom. The molecule has 1 aromatic rings. The number of carboxylic acid groups (broad SMARTS) is 1. The van der Waals surface area contributed by atoms with E-state index in [9.17, 15) is 14.7 Å². The Bertz CT molecular complexity index is 447. The van der Waals surface area contributed by atoms with Gasteiger partial charge in [0.1, 0.15) is 5.25 Å². The highest BCUT2D eigenvalue weighted by atomic mass is 32.2. The lowest BCUT2D eigenvalue weighted by atomic mass is 10.1. The number of aliphatic hydroxyl groups is 1. The summed E-state index contributed by atoms with van der Waals surface area (Å²) in [5.74, 6) is -1.69. The molecule has 0 spiro atoms. The molecule has 3 N–H and O–H groups in total. The van der Waals surface area contributed by atoms with Crippen molar-refractivity contribution in [2.45, 2.75) is 17.8 Å². The molecule has 104 valence electrons. The van der Waals surface area contributed by atoms with Gasteiger partial charge < -0.3 is 15.5 Å². The molecule has 0 saturated carbocycles. The van der Waals surface area contributed by atoms with E-state index in [1.54, 1.807) is 6.26 Å². The van der Waals surface area contributed by atoms with Crippen molar-refractivity contribution in [1.29, 1.82) is 0 Å². The first-order valence-corrected chi connectivity index (χ1v) is 6.98. The second kappa shape index (κ2) is 6.58. The third-order valence-corrected chi connectivity index (χ3v) is 3.60. The van der Waals surface area contributed by atoms with E-state index in [4.69, 9.17) is 5.11 Å². The molecule has 5 nitrogen and oxygen atoms in total. The zero-order valence-electron chi connectivity index (χ0n) is 10.8. The van der Waals surface area contributed by atoms with Crippen molar-refractivity contribution in [3.05, 3.63) is 35.9 Å². The number of carboxylic acids is 1. The largest absolute Gasteiger partial charge is 0.479 e. The fraction of sp³-hybridized carbons (Fsp3) is 0.385. The lowest BCUT2D eigenvalue weighted by molar-refractivity contribution is -0.156. The average Bonchev–Trinajstić information content (AvgIpc) is 2.38. The van der Waals surface area contributed by atoms with Crippen LogP contribution in [0.4, 0.5) is 0 Å². The summed E-state index contributed by atoms with van der Waals surface area (Å²) in [6, 6.07) is 9.18. The van der Waals surface area contributed by atoms with Crippen LogP contribution < -0.4 is 5.32 Å². The molecule has 2 atom stereocenters. The van der Waals surface area contributed by atoms with Crippen LogP contribution in [-0.2, 0) is 9.59 Å². The SMILES string of the molecule is CSC(C(=O)NCC(C)(O)C(=O)O)c1ccccc1. The van der Waals surface area contributed by atoms with Crippen molar-refractivity contribution in [2.24, 2.45) is 0 Å². The van der Waals surface area contributed by atoms with Crippen molar-refractivity contribution in [3.8, 4) is 0 Å². The number of benzene rings is 1. The Hall–Kier alpha value is -1.53. The van der Waals surface area contributed by atoms with Gasteiger partial charge in [0.05, 0.1) is 6.54 Å². The quantitative estimate of drug-likeness (QED) is 0.726. The van der Waals surface area contributed by atoms with Gasteiger partial charge in [0.2, 0.25) is 5.91 Å². The lowest BCUT2D eigenvalue weighted by Crippen LogP contribution is -2.47. The molecule has 0 radical (unpaired) electrons. The molecule has 1 aromatic carbocycles. The van der Waals surface area contributed by atoms with E-state index in [2.05, 4.69) is 5.32 Å². The lowest BCUT2D eigenvalue weighted by Gasteiger charge is -2.21. The van der Waals surface area contributed by atoms with Crippen LogP contribution in [0, 0.1) is 0 Å². The molecule has 1 rings (SSSR count). The van der Waals surface area contributed by atoms with Crippen LogP contribution in [0.2, 0.25) is 0 Å². The van der Waals surface area contributed by atoms with Gasteiger partial charge in [-0.05, 0) is 18.7 Å². The topological polar surface area (TPSA) is 86.6 Å². The van der Waals surface area contributed by atoms with E-state index < -0.39 is 16.8 Å². The summed E-state index contributed by atoms with van der Waals surface area (Å²) < 4.78 is 0. The summed E-state index contributed by atoms with van der Waals surface area (Å²) in [7, 11) is 0. The Labute approximate surface area is 116 Å². The third kappa shape index (κ3) is 4.25. The Morgan fingerprint density at radius 3 is 2.42 bits per heavy atom. The first kappa shape index (κ1) is 15.5. The Morgan fingerprint density at radius 2 is 1.95 bits per heavy atom. The summed E-state index contributed by atoms with van der Waals surface area (Å²) >= 11 is 1.35. The van der Waals surface area contributed by atoms with E-state index in [1.807, 2.05) is 30.3 Å². The maximum Gasteiger partial charge on any atom is 0.337 e. The number of carbonyl (C=O) groups is 2. The molecule has 0 aliphatic rings. The van der Waals surface area contributed by atoms with Crippen LogP contribution in [-0.4, -0.2) is 40.5 Å². The molecule has 19 heavy (non-hydrogen) atoms. The number of hydrogen-bond acceptors (Lipinski definition) is 4. The number of thioether (sulfide) groups is 1. The van der Waals surface area contributed by atoms with Crippen LogP contribution in [0.1, 0.15) is 17.7 Å². The average molecular weight is 283 g/mol. The molecule has 0 aliphatic heterocycles. The first-order valence-electron chi connectivity index (χ1n) is 5.69. The van der Waals surface area contributed by atoms with E-state index in [0.29, 0.717) is 0 Å². The zero-order chi connectivity index (χ0) is 14.5. The molecular weight excluding hydrogens is 266 g/mol. The normalized spacial score (nSPS) is 15.3. The van der Waals surface area contributed by atoms with Crippen molar-refractivity contribution in [3.63, 3.8) is 0 Å². The summed E-state index contributed by atoms with van der Waals surface area (Å²) in [5, 5.41) is 20.3. The summed E-state index contributed by atoms with van der Waals surface area (Å²) in [6.45, 7) is 0.817. The van der Waals surface area contributed by atoms with Crippen molar-refractivity contribution in [1.82, 2.24) is 5.32 Å². The third-order valence-electron chi connectivity index (χ3n) is 2.64. The van der Waals surface area contributed by atoms with Gasteiger partial charge in [0.15, 0.2) is 5.60 Å². The second-order valence-corrected chi connectivity index (χ2v) is 5.27. The number of amides is 1. The molecule has 2 unspecified atom stereocenters. The Balaban J connectivity index is 2.69. The molecule has 0 saturated heterocycles. The van der Waals surface area contributed by atoms with Crippen LogP contribution >= 0.6 is 11.8 Å². The van der Waals surface area contributed by atoms with Gasteiger partial charge >= 0.3 is 5.97 Å². The van der Waals surface area contributed by atoms with Crippen LogP contribution in [0.5, 0.6) is 0 Å². The highest BCUT2D eigenvalue weighted by molar-refractivity contribution is 7.99. The number of hydrogen-bond donors (Lipinski definition) is 3. The van der Waals surface area contributed by atoms with Crippen LogP contribution in [0.15, 0.2) is 30.3 Å². The monoisotopic (exact) mass is 283 g/mol. The minimum atomic E-state index is -1.96. The molecule has 0 aromatic heterocycles. The number of aliphatic carboxylic acids is 1. The van der Waals surface area contributed by atoms with E-state index in [-0.39, 0.29) is 12.5 Å². The summed E-state index contributed by atoms with van der Waals surface area (Å²) in [6.07, 6.45) is 1.80. The van der Waals surface area contributed by atoms with Crippen LogP contribution in [0.3, 0.4) is 0 Å². The number of rotatable bonds is 6. The van der Waals surface area contributed by atoms with Gasteiger partial charge in [-0.1, -0.05) is 30.3 Å². The first-order chi connectivity index (χ1) is 8.88. The maximum atomic E-state index is 12.0. The van der Waals surface area contributed by atoms with Gasteiger partial charge in [-0.3, -0.25) is 4.79 Å². The van der Waals surface area contributed by atoms with Crippen molar-refractivity contribution >= 4 is 23.6 Å². The van der Waals surface area contributed by atoms with Crippen molar-refractivity contribution in [2.75, 3.05) is 12.8 Å². The summed E-state index contributed by atoms with van der Waals surface area (Å²) in [4.78, 5) is 22.7. The molecule has 0 heterocycles. The predicted octanol–water partition coefficient (Wildman–Crippen LogP) is 1.04. The maximum absolute atomic E-state index is 12.0. The van der Waals surface area contributed by atoms with Crippen LogP contribution in [0.25, 0.3) is 0 Å². The fourth-order valence-corrected chi connectivity index (χ4v) is 2.18. The number of carbonyl (C=O) groups excluding carboxylic acids is 1. The number of nitrogens with one attached hydrogen (secondary N) is 1. The smallest absolute Gasteiger partial charge is 0.337 e. The zero-order valence-corrected chi connectivity index (χ0v) is 11.6. The molecule has 0 fully saturated rings. The van der Waals surface area contributed by atoms with E-state index in [0.717, 1.165) is 12.5 Å². The van der Waals surface area contributed by atoms with Gasteiger partial charge in [0, 0.05) is 0 Å². The highest BCUT2D eigenvalue weighted by Gasteiger charge is 2.31. The van der Waals surface area contributed by atoms with Gasteiger partial charge in [-0.2, -0.15) is 0 Å². The summed E-state index contributed by atoms with van der Waals surface area (Å²) in [5.41, 5.74) is -1.13. The molecule has 1 amide bonds. The fourth-order valence-electron chi connectivity index (χ4n) is 1.45. The molecule has 0 aliphatic carbocycles. The minimum absolute atomic E-state index is 0.319. The second-order valence-electron chi connectivity index (χ2n) is 4.32. The van der Waals surface area contributed by atoms with E-state index in [1.165, 1.54) is 11.8 Å². The molecule has 0 bridgehead atoms. The standard InChI is InChI=1S/C13H17NO4S/c1-13(18,12(16)17)8-14-11(15)10(19-2)9-6-4-3-5-7-9/h3-7,10,18H,8H2,1-2H3,(H,14,15)(H,16,17). The Kier molecular flexibility index (Phi) is 5.38. The minimum Gasteiger partial charge on any atom is -0.479 e. The molecule has 6 heteroatoms.